The summed E-state index contributed by atoms with van der Waals surface area (Å²) in [5.74, 6) is -0.522. The van der Waals surface area contributed by atoms with Crippen molar-refractivity contribution >= 4 is 34.2 Å². The Morgan fingerprint density at radius 1 is 1.22 bits per heavy atom. The van der Waals surface area contributed by atoms with Gasteiger partial charge in [-0.2, -0.15) is 0 Å². The summed E-state index contributed by atoms with van der Waals surface area (Å²) in [5.41, 5.74) is 1.32. The van der Waals surface area contributed by atoms with Gasteiger partial charge in [-0.15, -0.1) is 11.3 Å². The Bertz CT molecular complexity index is 751. The SMILES string of the molecule is Cc1cnc(NC(=O)c2ccc(CN3C(=O)CCC3=O)cc2)s1. The second-order valence-electron chi connectivity index (χ2n) is 5.30. The predicted octanol–water partition coefficient (Wildman–Crippen LogP) is 2.35. The molecule has 1 fully saturated rings. The Morgan fingerprint density at radius 2 is 1.87 bits per heavy atom. The van der Waals surface area contributed by atoms with Gasteiger partial charge in [0.15, 0.2) is 5.13 Å². The third-order valence-electron chi connectivity index (χ3n) is 3.55. The lowest BCUT2D eigenvalue weighted by Gasteiger charge is -2.13. The molecule has 1 N–H and O–H groups in total. The van der Waals surface area contributed by atoms with Gasteiger partial charge in [0, 0.05) is 29.5 Å². The van der Waals surface area contributed by atoms with E-state index in [1.54, 1.807) is 30.5 Å². The fourth-order valence-electron chi connectivity index (χ4n) is 2.33. The zero-order valence-electron chi connectivity index (χ0n) is 12.5. The molecule has 3 rings (SSSR count). The summed E-state index contributed by atoms with van der Waals surface area (Å²) >= 11 is 1.41. The molecule has 1 aliphatic heterocycles. The van der Waals surface area contributed by atoms with Crippen LogP contribution in [-0.4, -0.2) is 27.6 Å². The molecule has 2 heterocycles. The lowest BCUT2D eigenvalue weighted by molar-refractivity contribution is -0.139. The molecule has 7 heteroatoms. The zero-order valence-corrected chi connectivity index (χ0v) is 13.4. The molecule has 2 aromatic rings. The number of benzene rings is 1. The second-order valence-corrected chi connectivity index (χ2v) is 6.54. The van der Waals surface area contributed by atoms with Crippen molar-refractivity contribution in [2.24, 2.45) is 0 Å². The smallest absolute Gasteiger partial charge is 0.257 e. The monoisotopic (exact) mass is 329 g/mol. The van der Waals surface area contributed by atoms with Crippen LogP contribution in [0, 0.1) is 6.92 Å². The highest BCUT2D eigenvalue weighted by atomic mass is 32.1. The molecule has 1 saturated heterocycles. The Balaban J connectivity index is 1.65. The van der Waals surface area contributed by atoms with E-state index in [0.717, 1.165) is 10.4 Å². The normalized spacial score (nSPS) is 14.4. The van der Waals surface area contributed by atoms with E-state index in [0.29, 0.717) is 10.7 Å². The van der Waals surface area contributed by atoms with Crippen molar-refractivity contribution in [1.82, 2.24) is 9.88 Å². The first-order valence-corrected chi connectivity index (χ1v) is 8.00. The molecule has 1 aliphatic rings. The van der Waals surface area contributed by atoms with E-state index in [2.05, 4.69) is 10.3 Å². The van der Waals surface area contributed by atoms with Gasteiger partial charge in [0.25, 0.3) is 5.91 Å². The largest absolute Gasteiger partial charge is 0.298 e. The number of anilines is 1. The molecule has 0 bridgehead atoms. The second kappa shape index (κ2) is 6.29. The van der Waals surface area contributed by atoms with Crippen LogP contribution in [0.5, 0.6) is 0 Å². The number of carbonyl (C=O) groups excluding carboxylic acids is 3. The standard InChI is InChI=1S/C16H15N3O3S/c1-10-8-17-16(23-10)18-15(22)12-4-2-11(3-5-12)9-19-13(20)6-7-14(19)21/h2-5,8H,6-7,9H2,1H3,(H,17,18,22). The van der Waals surface area contributed by atoms with Gasteiger partial charge in [0.1, 0.15) is 0 Å². The number of nitrogens with one attached hydrogen (secondary N) is 1. The maximum Gasteiger partial charge on any atom is 0.257 e. The fraction of sp³-hybridized carbons (Fsp3) is 0.250. The minimum Gasteiger partial charge on any atom is -0.298 e. The minimum absolute atomic E-state index is 0.143. The van der Waals surface area contributed by atoms with Crippen LogP contribution in [-0.2, 0) is 16.1 Å². The van der Waals surface area contributed by atoms with Gasteiger partial charge in [-0.25, -0.2) is 4.98 Å². The van der Waals surface area contributed by atoms with Crippen LogP contribution >= 0.6 is 11.3 Å². The van der Waals surface area contributed by atoms with Crippen molar-refractivity contribution in [2.75, 3.05) is 5.32 Å². The average molecular weight is 329 g/mol. The zero-order chi connectivity index (χ0) is 16.4. The average Bonchev–Trinajstić information content (AvgIpc) is 3.08. The third kappa shape index (κ3) is 3.45. The summed E-state index contributed by atoms with van der Waals surface area (Å²) in [5, 5.41) is 3.30. The van der Waals surface area contributed by atoms with E-state index in [1.165, 1.54) is 16.2 Å². The Morgan fingerprint density at radius 3 is 2.43 bits per heavy atom. The van der Waals surface area contributed by atoms with Crippen molar-refractivity contribution in [2.45, 2.75) is 26.3 Å². The minimum atomic E-state index is -0.237. The molecule has 6 nitrogen and oxygen atoms in total. The number of imide groups is 1. The molecule has 0 atom stereocenters. The molecule has 0 aliphatic carbocycles. The molecule has 1 aromatic heterocycles. The van der Waals surface area contributed by atoms with Crippen LogP contribution < -0.4 is 5.32 Å². The van der Waals surface area contributed by atoms with Gasteiger partial charge in [0.2, 0.25) is 11.8 Å². The van der Waals surface area contributed by atoms with E-state index in [9.17, 15) is 14.4 Å². The third-order valence-corrected chi connectivity index (χ3v) is 4.38. The van der Waals surface area contributed by atoms with Gasteiger partial charge in [-0.1, -0.05) is 12.1 Å². The first-order chi connectivity index (χ1) is 11.0. The van der Waals surface area contributed by atoms with E-state index < -0.39 is 0 Å². The fourth-order valence-corrected chi connectivity index (χ4v) is 2.98. The quantitative estimate of drug-likeness (QED) is 0.873. The van der Waals surface area contributed by atoms with E-state index in [1.807, 2.05) is 6.92 Å². The molecule has 1 aromatic carbocycles. The number of aromatic nitrogens is 1. The van der Waals surface area contributed by atoms with Crippen LogP contribution in [0.1, 0.15) is 33.6 Å². The highest BCUT2D eigenvalue weighted by Crippen LogP contribution is 2.19. The summed E-state index contributed by atoms with van der Waals surface area (Å²) in [6.45, 7) is 2.17. The summed E-state index contributed by atoms with van der Waals surface area (Å²) in [7, 11) is 0. The van der Waals surface area contributed by atoms with E-state index in [-0.39, 0.29) is 37.1 Å². The number of aryl methyl sites for hydroxylation is 1. The summed E-state index contributed by atoms with van der Waals surface area (Å²) < 4.78 is 0. The van der Waals surface area contributed by atoms with Gasteiger partial charge in [0.05, 0.1) is 6.54 Å². The van der Waals surface area contributed by atoms with Crippen molar-refractivity contribution in [1.29, 1.82) is 0 Å². The van der Waals surface area contributed by atoms with Crippen molar-refractivity contribution < 1.29 is 14.4 Å². The molecule has 118 valence electrons. The predicted molar refractivity (Wildman–Crippen MR) is 86.0 cm³/mol. The summed E-state index contributed by atoms with van der Waals surface area (Å²) in [6.07, 6.45) is 2.27. The Hall–Kier alpha value is -2.54. The number of likely N-dealkylation sites (tertiary alicyclic amines) is 1. The molecule has 23 heavy (non-hydrogen) atoms. The van der Waals surface area contributed by atoms with Gasteiger partial charge < -0.3 is 0 Å². The van der Waals surface area contributed by atoms with Crippen LogP contribution in [0.3, 0.4) is 0 Å². The molecular weight excluding hydrogens is 314 g/mol. The maximum atomic E-state index is 12.1. The highest BCUT2D eigenvalue weighted by molar-refractivity contribution is 7.15. The van der Waals surface area contributed by atoms with Gasteiger partial charge >= 0.3 is 0 Å². The number of nitrogens with zero attached hydrogens (tertiary/aromatic N) is 2. The maximum absolute atomic E-state index is 12.1. The van der Waals surface area contributed by atoms with Crippen LogP contribution in [0.25, 0.3) is 0 Å². The number of thiazole rings is 1. The number of amides is 3. The Labute approximate surface area is 137 Å². The van der Waals surface area contributed by atoms with E-state index >= 15 is 0 Å². The number of hydrogen-bond acceptors (Lipinski definition) is 5. The van der Waals surface area contributed by atoms with Gasteiger partial charge in [-0.3, -0.25) is 24.6 Å². The summed E-state index contributed by atoms with van der Waals surface area (Å²) in [6, 6.07) is 6.86. The lowest BCUT2D eigenvalue weighted by Crippen LogP contribution is -2.28. The molecule has 0 saturated carbocycles. The molecule has 0 unspecified atom stereocenters. The topological polar surface area (TPSA) is 79.4 Å². The summed E-state index contributed by atoms with van der Waals surface area (Å²) in [4.78, 5) is 41.7. The first kappa shape index (κ1) is 15.4. The molecule has 3 amide bonds. The van der Waals surface area contributed by atoms with Crippen LogP contribution in [0.4, 0.5) is 5.13 Å². The van der Waals surface area contributed by atoms with E-state index in [4.69, 9.17) is 0 Å². The molecular formula is C16H15N3O3S. The van der Waals surface area contributed by atoms with Crippen molar-refractivity contribution in [3.05, 3.63) is 46.5 Å². The van der Waals surface area contributed by atoms with Crippen LogP contribution in [0.2, 0.25) is 0 Å². The number of rotatable bonds is 4. The number of hydrogen-bond donors (Lipinski definition) is 1. The van der Waals surface area contributed by atoms with Crippen molar-refractivity contribution in [3.63, 3.8) is 0 Å². The number of carbonyl (C=O) groups is 3. The van der Waals surface area contributed by atoms with Crippen molar-refractivity contribution in [3.8, 4) is 0 Å². The van der Waals surface area contributed by atoms with Crippen LogP contribution in [0.15, 0.2) is 30.5 Å². The molecule has 0 spiro atoms. The Kier molecular flexibility index (Phi) is 4.20. The molecule has 0 radical (unpaired) electrons. The highest BCUT2D eigenvalue weighted by Gasteiger charge is 2.28. The lowest BCUT2D eigenvalue weighted by atomic mass is 10.1. The first-order valence-electron chi connectivity index (χ1n) is 7.19. The van der Waals surface area contributed by atoms with Gasteiger partial charge in [-0.05, 0) is 24.6 Å².